The first kappa shape index (κ1) is 14.8. The van der Waals surface area contributed by atoms with Gasteiger partial charge in [-0.05, 0) is 48.9 Å². The quantitative estimate of drug-likeness (QED) is 0.672. The third-order valence-corrected chi connectivity index (χ3v) is 6.21. The zero-order valence-corrected chi connectivity index (χ0v) is 14.5. The summed E-state index contributed by atoms with van der Waals surface area (Å²) in [4.78, 5) is 31.0. The molecule has 124 valence electrons. The lowest BCUT2D eigenvalue weighted by Crippen LogP contribution is -2.31. The highest BCUT2D eigenvalue weighted by Gasteiger charge is 2.45. The number of carbonyl (C=O) groups is 2. The maximum atomic E-state index is 12.5. The van der Waals surface area contributed by atoms with E-state index in [0.29, 0.717) is 29.5 Å². The second kappa shape index (κ2) is 5.23. The van der Waals surface area contributed by atoms with Gasteiger partial charge in [0.2, 0.25) is 0 Å². The van der Waals surface area contributed by atoms with Crippen molar-refractivity contribution in [3.63, 3.8) is 0 Å². The highest BCUT2D eigenvalue weighted by molar-refractivity contribution is 7.18. The summed E-state index contributed by atoms with van der Waals surface area (Å²) >= 11 is 1.72. The number of aryl methyl sites for hydroxylation is 1. The molecule has 2 atom stereocenters. The van der Waals surface area contributed by atoms with Crippen molar-refractivity contribution < 1.29 is 9.59 Å². The number of hydrogen-bond donors (Lipinski definition) is 0. The van der Waals surface area contributed by atoms with Crippen molar-refractivity contribution >= 4 is 33.4 Å². The fourth-order valence-electron chi connectivity index (χ4n) is 3.84. The minimum Gasteiger partial charge on any atom is -0.274 e. The Morgan fingerprint density at radius 2 is 1.80 bits per heavy atom. The summed E-state index contributed by atoms with van der Waals surface area (Å²) in [5.74, 6) is 0.444. The number of nitrogens with zero attached hydrogens (tertiary/aromatic N) is 2. The number of carbonyl (C=O) groups excluding carboxylic acids is 2. The van der Waals surface area contributed by atoms with Crippen LogP contribution >= 0.6 is 11.3 Å². The van der Waals surface area contributed by atoms with Gasteiger partial charge in [0.15, 0.2) is 0 Å². The number of imide groups is 1. The van der Waals surface area contributed by atoms with Gasteiger partial charge in [0.25, 0.3) is 11.8 Å². The molecule has 1 aliphatic heterocycles. The fraction of sp³-hybridized carbons (Fsp3) is 0.250. The molecule has 25 heavy (non-hydrogen) atoms. The summed E-state index contributed by atoms with van der Waals surface area (Å²) < 4.78 is 1.25. The minimum absolute atomic E-state index is 0.155. The van der Waals surface area contributed by atoms with Crippen molar-refractivity contribution in [2.45, 2.75) is 19.3 Å². The molecular weight excluding hydrogens is 332 g/mol. The molecule has 0 bridgehead atoms. The van der Waals surface area contributed by atoms with Crippen LogP contribution in [0.3, 0.4) is 0 Å². The number of benzene rings is 2. The Bertz CT molecular complexity index is 1000. The minimum atomic E-state index is -0.155. The number of thiazole rings is 1. The molecule has 3 aromatic rings. The molecule has 5 rings (SSSR count). The Kier molecular flexibility index (Phi) is 3.09. The largest absolute Gasteiger partial charge is 0.274 e. The monoisotopic (exact) mass is 348 g/mol. The van der Waals surface area contributed by atoms with Crippen LogP contribution in [0.15, 0.2) is 42.5 Å². The van der Waals surface area contributed by atoms with Gasteiger partial charge in [0.1, 0.15) is 0 Å². The summed E-state index contributed by atoms with van der Waals surface area (Å²) in [7, 11) is 0. The van der Waals surface area contributed by atoms with E-state index >= 15 is 0 Å². The average Bonchev–Trinajstić information content (AvgIpc) is 3.21. The van der Waals surface area contributed by atoms with Crippen LogP contribution in [-0.2, 0) is 0 Å². The van der Waals surface area contributed by atoms with Gasteiger partial charge in [-0.15, -0.1) is 11.3 Å². The van der Waals surface area contributed by atoms with Crippen molar-refractivity contribution in [2.24, 2.45) is 5.92 Å². The summed E-state index contributed by atoms with van der Waals surface area (Å²) in [6.07, 6.45) is 1.02. The summed E-state index contributed by atoms with van der Waals surface area (Å²) in [6.45, 7) is 2.53. The van der Waals surface area contributed by atoms with Gasteiger partial charge < -0.3 is 0 Å². The van der Waals surface area contributed by atoms with Gasteiger partial charge in [0.05, 0.1) is 26.4 Å². The third-order valence-electron chi connectivity index (χ3n) is 5.17. The second-order valence-corrected chi connectivity index (χ2v) is 8.00. The topological polar surface area (TPSA) is 50.3 Å². The first-order valence-corrected chi connectivity index (χ1v) is 9.26. The average molecular weight is 348 g/mol. The molecule has 2 aliphatic rings. The molecular formula is C20H16N2O2S. The lowest BCUT2D eigenvalue weighted by molar-refractivity contribution is 0.0646. The maximum absolute atomic E-state index is 12.5. The molecule has 2 unspecified atom stereocenters. The van der Waals surface area contributed by atoms with Crippen molar-refractivity contribution in [3.05, 3.63) is 64.2 Å². The van der Waals surface area contributed by atoms with Gasteiger partial charge in [-0.2, -0.15) is 0 Å². The van der Waals surface area contributed by atoms with Gasteiger partial charge in [-0.1, -0.05) is 24.3 Å². The van der Waals surface area contributed by atoms with E-state index in [0.717, 1.165) is 16.9 Å². The number of aromatic nitrogens is 1. The third kappa shape index (κ3) is 2.23. The SMILES string of the molecule is Cc1nc2cccc(C3CC3CN3C(=O)c4ccccc4C3=O)c2s1. The Labute approximate surface area is 149 Å². The van der Waals surface area contributed by atoms with E-state index in [1.807, 2.05) is 19.1 Å². The van der Waals surface area contributed by atoms with Crippen LogP contribution in [0.1, 0.15) is 43.6 Å². The molecule has 0 spiro atoms. The van der Waals surface area contributed by atoms with Crippen LogP contribution in [0, 0.1) is 12.8 Å². The van der Waals surface area contributed by atoms with E-state index in [1.165, 1.54) is 15.2 Å². The van der Waals surface area contributed by atoms with Gasteiger partial charge in [0, 0.05) is 6.54 Å². The first-order valence-electron chi connectivity index (χ1n) is 8.45. The summed E-state index contributed by atoms with van der Waals surface area (Å²) in [5, 5.41) is 1.07. The molecule has 1 fully saturated rings. The van der Waals surface area contributed by atoms with E-state index in [9.17, 15) is 9.59 Å². The standard InChI is InChI=1S/C20H16N2O2S/c1-11-21-17-8-4-7-13(18(17)25-11)16-9-12(16)10-22-19(23)14-5-2-3-6-15(14)20(22)24/h2-8,12,16H,9-10H2,1H3. The molecule has 5 heteroatoms. The van der Waals surface area contributed by atoms with E-state index < -0.39 is 0 Å². The van der Waals surface area contributed by atoms with Crippen molar-refractivity contribution in [2.75, 3.05) is 6.54 Å². The highest BCUT2D eigenvalue weighted by Crippen LogP contribution is 2.51. The molecule has 1 aromatic heterocycles. The van der Waals surface area contributed by atoms with E-state index in [1.54, 1.807) is 35.6 Å². The van der Waals surface area contributed by atoms with Crippen molar-refractivity contribution in [1.82, 2.24) is 9.88 Å². The molecule has 0 radical (unpaired) electrons. The van der Waals surface area contributed by atoms with Crippen LogP contribution in [0.2, 0.25) is 0 Å². The smallest absolute Gasteiger partial charge is 0.261 e. The molecule has 1 saturated carbocycles. The lowest BCUT2D eigenvalue weighted by atomic mass is 10.1. The number of amides is 2. The summed E-state index contributed by atoms with van der Waals surface area (Å²) in [6, 6.07) is 13.3. The number of fused-ring (bicyclic) bond motifs is 2. The molecule has 0 saturated heterocycles. The highest BCUT2D eigenvalue weighted by atomic mass is 32.1. The first-order chi connectivity index (χ1) is 12.1. The van der Waals surface area contributed by atoms with Crippen LogP contribution in [-0.4, -0.2) is 28.2 Å². The van der Waals surface area contributed by atoms with Gasteiger partial charge in [-0.25, -0.2) is 4.98 Å². The molecule has 2 amide bonds. The van der Waals surface area contributed by atoms with E-state index in [-0.39, 0.29) is 11.8 Å². The van der Waals surface area contributed by atoms with Crippen LogP contribution in [0.25, 0.3) is 10.2 Å². The van der Waals surface area contributed by atoms with Gasteiger partial charge >= 0.3 is 0 Å². The van der Waals surface area contributed by atoms with Crippen LogP contribution in [0.4, 0.5) is 0 Å². The molecule has 1 aliphatic carbocycles. The molecule has 2 aromatic carbocycles. The fourth-order valence-corrected chi connectivity index (χ4v) is 4.84. The maximum Gasteiger partial charge on any atom is 0.261 e. The zero-order chi connectivity index (χ0) is 17.1. The predicted molar refractivity (Wildman–Crippen MR) is 97.0 cm³/mol. The second-order valence-electron chi connectivity index (χ2n) is 6.80. The lowest BCUT2D eigenvalue weighted by Gasteiger charge is -2.13. The Hall–Kier alpha value is -2.53. The Morgan fingerprint density at radius 1 is 1.08 bits per heavy atom. The summed E-state index contributed by atoms with van der Waals surface area (Å²) in [5.41, 5.74) is 3.42. The van der Waals surface area contributed by atoms with Crippen molar-refractivity contribution in [3.8, 4) is 0 Å². The van der Waals surface area contributed by atoms with Crippen LogP contribution < -0.4 is 0 Å². The van der Waals surface area contributed by atoms with Gasteiger partial charge in [-0.3, -0.25) is 14.5 Å². The molecule has 4 nitrogen and oxygen atoms in total. The van der Waals surface area contributed by atoms with Crippen LogP contribution in [0.5, 0.6) is 0 Å². The number of rotatable bonds is 3. The Morgan fingerprint density at radius 3 is 2.52 bits per heavy atom. The van der Waals surface area contributed by atoms with E-state index in [2.05, 4.69) is 11.1 Å². The molecule has 2 heterocycles. The van der Waals surface area contributed by atoms with Crippen molar-refractivity contribution in [1.29, 1.82) is 0 Å². The van der Waals surface area contributed by atoms with E-state index in [4.69, 9.17) is 0 Å². The molecule has 0 N–H and O–H groups in total. The zero-order valence-electron chi connectivity index (χ0n) is 13.7. The Balaban J connectivity index is 1.39. The number of hydrogen-bond acceptors (Lipinski definition) is 4. The normalized spacial score (nSPS) is 21.9. The predicted octanol–water partition coefficient (Wildman–Crippen LogP) is 4.00.